The zero-order valence-corrected chi connectivity index (χ0v) is 21.3. The summed E-state index contributed by atoms with van der Waals surface area (Å²) in [6, 6.07) is 16.3. The Kier molecular flexibility index (Phi) is 6.72. The number of hydrogen-bond donors (Lipinski definition) is 1. The molecule has 0 spiro atoms. The van der Waals surface area contributed by atoms with Gasteiger partial charge in [-0.3, -0.25) is 4.79 Å². The second kappa shape index (κ2) is 10.1. The molecule has 1 fully saturated rings. The first-order chi connectivity index (χ1) is 17.1. The molecule has 1 aliphatic heterocycles. The Labute approximate surface area is 209 Å². The van der Waals surface area contributed by atoms with Crippen molar-refractivity contribution in [3.63, 3.8) is 0 Å². The number of ether oxygens (including phenoxy) is 1. The lowest BCUT2D eigenvalue weighted by atomic mass is 9.97. The van der Waals surface area contributed by atoms with Gasteiger partial charge in [-0.05, 0) is 61.6 Å². The highest BCUT2D eigenvalue weighted by Crippen LogP contribution is 2.34. The summed E-state index contributed by atoms with van der Waals surface area (Å²) in [6.07, 6.45) is 2.90. The van der Waals surface area contributed by atoms with Crippen molar-refractivity contribution >= 4 is 32.7 Å². The number of nitrogens with one attached hydrogen (secondary N) is 1. The quantitative estimate of drug-likeness (QED) is 0.400. The SMILES string of the molecule is CCc1ccc(CNC(=O)[C@H]2CCCN(c3nc4c(s3)c(C)nn4-c3ccc(OC)cc3)C2)cc1. The fourth-order valence-corrected chi connectivity index (χ4v) is 5.57. The van der Waals surface area contributed by atoms with Gasteiger partial charge in [-0.25, -0.2) is 4.68 Å². The van der Waals surface area contributed by atoms with E-state index >= 15 is 0 Å². The lowest BCUT2D eigenvalue weighted by Crippen LogP contribution is -2.43. The highest BCUT2D eigenvalue weighted by Gasteiger charge is 2.28. The van der Waals surface area contributed by atoms with E-state index in [1.54, 1.807) is 18.4 Å². The molecule has 35 heavy (non-hydrogen) atoms. The molecule has 182 valence electrons. The number of methoxy groups -OCH3 is 1. The van der Waals surface area contributed by atoms with Crippen LogP contribution in [0.3, 0.4) is 0 Å². The van der Waals surface area contributed by atoms with Crippen molar-refractivity contribution in [2.75, 3.05) is 25.1 Å². The van der Waals surface area contributed by atoms with E-state index in [9.17, 15) is 4.79 Å². The molecule has 8 heteroatoms. The minimum Gasteiger partial charge on any atom is -0.497 e. The number of nitrogens with zero attached hydrogens (tertiary/aromatic N) is 4. The first kappa shape index (κ1) is 23.4. The first-order valence-electron chi connectivity index (χ1n) is 12.2. The standard InChI is InChI=1S/C27H31N5O2S/c1-4-19-7-9-20(10-8-19)16-28-26(33)21-6-5-15-31(17-21)27-29-25-24(35-27)18(2)30-32(25)22-11-13-23(34-3)14-12-22/h7-14,21H,4-6,15-17H2,1-3H3,(H,28,33)/t21-/m0/s1. The lowest BCUT2D eigenvalue weighted by molar-refractivity contribution is -0.125. The van der Waals surface area contributed by atoms with Gasteiger partial charge in [0.25, 0.3) is 0 Å². The van der Waals surface area contributed by atoms with E-state index in [2.05, 4.69) is 41.4 Å². The first-order valence-corrected chi connectivity index (χ1v) is 13.0. The van der Waals surface area contributed by atoms with Crippen LogP contribution in [0.1, 0.15) is 36.6 Å². The Morgan fingerprint density at radius 1 is 1.14 bits per heavy atom. The third kappa shape index (κ3) is 4.89. The van der Waals surface area contributed by atoms with Crippen LogP contribution in [0.4, 0.5) is 5.13 Å². The van der Waals surface area contributed by atoms with Crippen molar-refractivity contribution in [1.29, 1.82) is 0 Å². The van der Waals surface area contributed by atoms with Crippen LogP contribution in [-0.2, 0) is 17.8 Å². The molecule has 1 aliphatic rings. The van der Waals surface area contributed by atoms with Gasteiger partial charge in [0.15, 0.2) is 10.8 Å². The van der Waals surface area contributed by atoms with E-state index in [0.717, 1.165) is 64.0 Å². The summed E-state index contributed by atoms with van der Waals surface area (Å²) in [7, 11) is 1.66. The Hall–Kier alpha value is -3.39. The maximum atomic E-state index is 13.0. The molecular weight excluding hydrogens is 458 g/mol. The number of benzene rings is 2. The molecular formula is C27H31N5O2S. The molecule has 1 saturated heterocycles. The molecule has 3 heterocycles. The molecule has 2 aromatic heterocycles. The lowest BCUT2D eigenvalue weighted by Gasteiger charge is -2.31. The Morgan fingerprint density at radius 2 is 1.89 bits per heavy atom. The summed E-state index contributed by atoms with van der Waals surface area (Å²) >= 11 is 1.66. The van der Waals surface area contributed by atoms with Crippen LogP contribution in [0, 0.1) is 12.8 Å². The molecule has 0 unspecified atom stereocenters. The highest BCUT2D eigenvalue weighted by atomic mass is 32.1. The Bertz CT molecular complexity index is 1310. The minimum absolute atomic E-state index is 0.0372. The maximum absolute atomic E-state index is 13.0. The van der Waals surface area contributed by atoms with Gasteiger partial charge in [-0.1, -0.05) is 42.5 Å². The van der Waals surface area contributed by atoms with Crippen LogP contribution in [0.25, 0.3) is 16.0 Å². The number of amides is 1. The van der Waals surface area contributed by atoms with Crippen molar-refractivity contribution in [3.05, 3.63) is 65.4 Å². The summed E-state index contributed by atoms with van der Waals surface area (Å²) in [6.45, 7) is 6.33. The summed E-state index contributed by atoms with van der Waals surface area (Å²) in [5.74, 6) is 0.893. The minimum atomic E-state index is -0.0372. The number of piperidine rings is 1. The van der Waals surface area contributed by atoms with E-state index in [1.807, 2.05) is 35.9 Å². The van der Waals surface area contributed by atoms with Crippen molar-refractivity contribution in [3.8, 4) is 11.4 Å². The van der Waals surface area contributed by atoms with E-state index in [-0.39, 0.29) is 11.8 Å². The summed E-state index contributed by atoms with van der Waals surface area (Å²) in [4.78, 5) is 20.2. The number of rotatable bonds is 7. The molecule has 2 aromatic carbocycles. The molecule has 1 N–H and O–H groups in total. The Morgan fingerprint density at radius 3 is 2.60 bits per heavy atom. The van der Waals surface area contributed by atoms with Crippen molar-refractivity contribution in [2.45, 2.75) is 39.7 Å². The third-order valence-corrected chi connectivity index (χ3v) is 7.87. The van der Waals surface area contributed by atoms with E-state index < -0.39 is 0 Å². The molecule has 0 bridgehead atoms. The topological polar surface area (TPSA) is 72.3 Å². The van der Waals surface area contributed by atoms with Crippen molar-refractivity contribution < 1.29 is 9.53 Å². The van der Waals surface area contributed by atoms with Gasteiger partial charge in [0.2, 0.25) is 5.91 Å². The van der Waals surface area contributed by atoms with E-state index in [4.69, 9.17) is 14.8 Å². The van der Waals surface area contributed by atoms with Gasteiger partial charge < -0.3 is 15.0 Å². The number of anilines is 1. The molecule has 4 aromatic rings. The Balaban J connectivity index is 1.29. The monoisotopic (exact) mass is 489 g/mol. The number of hydrogen-bond acceptors (Lipinski definition) is 6. The number of aryl methyl sites for hydroxylation is 2. The smallest absolute Gasteiger partial charge is 0.225 e. The average molecular weight is 490 g/mol. The third-order valence-electron chi connectivity index (χ3n) is 6.65. The van der Waals surface area contributed by atoms with Crippen LogP contribution in [0.5, 0.6) is 5.75 Å². The highest BCUT2D eigenvalue weighted by molar-refractivity contribution is 7.22. The normalized spacial score (nSPS) is 16.0. The van der Waals surface area contributed by atoms with Gasteiger partial charge in [0.05, 0.1) is 29.1 Å². The second-order valence-corrected chi connectivity index (χ2v) is 9.99. The van der Waals surface area contributed by atoms with Crippen LogP contribution >= 0.6 is 11.3 Å². The number of aromatic nitrogens is 3. The van der Waals surface area contributed by atoms with Gasteiger partial charge in [0.1, 0.15) is 5.75 Å². The van der Waals surface area contributed by atoms with Gasteiger partial charge in [-0.2, -0.15) is 10.1 Å². The predicted molar refractivity (Wildman–Crippen MR) is 141 cm³/mol. The number of fused-ring (bicyclic) bond motifs is 1. The van der Waals surface area contributed by atoms with Crippen LogP contribution in [-0.4, -0.2) is 40.9 Å². The van der Waals surface area contributed by atoms with Crippen LogP contribution in [0.15, 0.2) is 48.5 Å². The van der Waals surface area contributed by atoms with Gasteiger partial charge in [-0.15, -0.1) is 0 Å². The molecule has 0 radical (unpaired) electrons. The van der Waals surface area contributed by atoms with E-state index in [0.29, 0.717) is 13.1 Å². The summed E-state index contributed by atoms with van der Waals surface area (Å²) in [5.41, 5.74) is 5.20. The molecule has 1 atom stereocenters. The summed E-state index contributed by atoms with van der Waals surface area (Å²) < 4.78 is 8.25. The maximum Gasteiger partial charge on any atom is 0.225 e. The van der Waals surface area contributed by atoms with Crippen molar-refractivity contribution in [2.24, 2.45) is 5.92 Å². The zero-order valence-electron chi connectivity index (χ0n) is 20.5. The van der Waals surface area contributed by atoms with Gasteiger partial charge >= 0.3 is 0 Å². The van der Waals surface area contributed by atoms with Gasteiger partial charge in [0, 0.05) is 19.6 Å². The predicted octanol–water partition coefficient (Wildman–Crippen LogP) is 4.89. The van der Waals surface area contributed by atoms with Crippen LogP contribution in [0.2, 0.25) is 0 Å². The fraction of sp³-hybridized carbons (Fsp3) is 0.370. The number of carbonyl (C=O) groups excluding carboxylic acids is 1. The number of carbonyl (C=O) groups is 1. The van der Waals surface area contributed by atoms with E-state index in [1.165, 1.54) is 5.56 Å². The zero-order chi connectivity index (χ0) is 24.4. The van der Waals surface area contributed by atoms with Crippen LogP contribution < -0.4 is 15.0 Å². The molecule has 1 amide bonds. The molecule has 0 aliphatic carbocycles. The molecule has 0 saturated carbocycles. The number of thiazole rings is 1. The second-order valence-electron chi connectivity index (χ2n) is 9.02. The molecule has 5 rings (SSSR count). The van der Waals surface area contributed by atoms with Crippen molar-refractivity contribution in [1.82, 2.24) is 20.1 Å². The molecule has 7 nitrogen and oxygen atoms in total. The fourth-order valence-electron chi connectivity index (χ4n) is 4.55. The largest absolute Gasteiger partial charge is 0.497 e. The average Bonchev–Trinajstić information content (AvgIpc) is 3.48. The summed E-state index contributed by atoms with van der Waals surface area (Å²) in [5, 5.41) is 8.81.